The molecule has 0 aliphatic carbocycles. The van der Waals surface area contributed by atoms with Crippen molar-refractivity contribution in [2.75, 3.05) is 25.5 Å². The van der Waals surface area contributed by atoms with Crippen molar-refractivity contribution in [1.29, 1.82) is 0 Å². The summed E-state index contributed by atoms with van der Waals surface area (Å²) in [5, 5.41) is 6.83. The third kappa shape index (κ3) is 1.63. The number of carbonyl (C=O) groups excluding carboxylic acids is 1. The van der Waals surface area contributed by atoms with Gasteiger partial charge in [-0.3, -0.25) is 9.48 Å². The normalized spacial score (nSPS) is 17.9. The molecular formula is C9H14N4O. The molecule has 1 fully saturated rings. The van der Waals surface area contributed by atoms with E-state index in [0.29, 0.717) is 0 Å². The summed E-state index contributed by atoms with van der Waals surface area (Å²) in [6.07, 6.45) is 1.67. The van der Waals surface area contributed by atoms with E-state index in [1.807, 2.05) is 14.1 Å². The molecule has 0 spiro atoms. The van der Waals surface area contributed by atoms with Crippen molar-refractivity contribution in [3.63, 3.8) is 0 Å². The standard InChI is InChI=1S/C9H14N4O/c1-12-5-7(6-12)9(14)11-8-3-4-10-13(8)2/h3-4,7H,5-6H2,1-2H3,(H,11,14). The average Bonchev–Trinajstić information content (AvgIpc) is 2.46. The van der Waals surface area contributed by atoms with Gasteiger partial charge in [0.05, 0.1) is 12.1 Å². The fourth-order valence-corrected chi connectivity index (χ4v) is 1.59. The van der Waals surface area contributed by atoms with E-state index in [0.717, 1.165) is 18.9 Å². The monoisotopic (exact) mass is 194 g/mol. The lowest BCUT2D eigenvalue weighted by atomic mass is 10.0. The Morgan fingerprint density at radius 1 is 1.57 bits per heavy atom. The maximum Gasteiger partial charge on any atom is 0.231 e. The van der Waals surface area contributed by atoms with Crippen molar-refractivity contribution in [2.45, 2.75) is 0 Å². The molecule has 2 heterocycles. The van der Waals surface area contributed by atoms with Gasteiger partial charge >= 0.3 is 0 Å². The van der Waals surface area contributed by atoms with Crippen LogP contribution < -0.4 is 5.32 Å². The Balaban J connectivity index is 1.92. The van der Waals surface area contributed by atoms with Crippen LogP contribution in [0.15, 0.2) is 12.3 Å². The van der Waals surface area contributed by atoms with E-state index in [-0.39, 0.29) is 11.8 Å². The highest BCUT2D eigenvalue weighted by Crippen LogP contribution is 2.15. The lowest BCUT2D eigenvalue weighted by molar-refractivity contribution is -0.124. The molecule has 1 aliphatic heterocycles. The van der Waals surface area contributed by atoms with Crippen molar-refractivity contribution in [3.05, 3.63) is 12.3 Å². The molecule has 0 aromatic carbocycles. The summed E-state index contributed by atoms with van der Waals surface area (Å²) in [6.45, 7) is 1.70. The number of carbonyl (C=O) groups is 1. The van der Waals surface area contributed by atoms with Gasteiger partial charge in [0.1, 0.15) is 5.82 Å². The van der Waals surface area contributed by atoms with Crippen LogP contribution in [0.3, 0.4) is 0 Å². The quantitative estimate of drug-likeness (QED) is 0.716. The molecule has 0 bridgehead atoms. The minimum absolute atomic E-state index is 0.0895. The second-order valence-electron chi connectivity index (χ2n) is 3.75. The van der Waals surface area contributed by atoms with Gasteiger partial charge in [-0.1, -0.05) is 0 Å². The largest absolute Gasteiger partial charge is 0.311 e. The van der Waals surface area contributed by atoms with E-state index >= 15 is 0 Å². The van der Waals surface area contributed by atoms with Gasteiger partial charge in [-0.25, -0.2) is 0 Å². The van der Waals surface area contributed by atoms with Crippen LogP contribution in [0.25, 0.3) is 0 Å². The van der Waals surface area contributed by atoms with Crippen LogP contribution in [0, 0.1) is 5.92 Å². The number of anilines is 1. The lowest BCUT2D eigenvalue weighted by Gasteiger charge is -2.34. The van der Waals surface area contributed by atoms with E-state index in [1.165, 1.54) is 0 Å². The highest BCUT2D eigenvalue weighted by Gasteiger charge is 2.30. The lowest BCUT2D eigenvalue weighted by Crippen LogP contribution is -2.49. The zero-order valence-corrected chi connectivity index (χ0v) is 8.40. The third-order valence-corrected chi connectivity index (χ3v) is 2.51. The van der Waals surface area contributed by atoms with Gasteiger partial charge in [-0.2, -0.15) is 5.10 Å². The van der Waals surface area contributed by atoms with E-state index in [9.17, 15) is 4.79 Å². The van der Waals surface area contributed by atoms with E-state index in [2.05, 4.69) is 15.3 Å². The molecule has 0 unspecified atom stereocenters. The van der Waals surface area contributed by atoms with Crippen LogP contribution in [0.4, 0.5) is 5.82 Å². The van der Waals surface area contributed by atoms with Crippen LogP contribution in [0.2, 0.25) is 0 Å². The third-order valence-electron chi connectivity index (χ3n) is 2.51. The number of hydrogen-bond acceptors (Lipinski definition) is 3. The fraction of sp³-hybridized carbons (Fsp3) is 0.556. The smallest absolute Gasteiger partial charge is 0.231 e. The molecule has 1 aromatic heterocycles. The Kier molecular flexibility index (Phi) is 2.25. The molecule has 1 N–H and O–H groups in total. The molecule has 76 valence electrons. The predicted octanol–water partition coefficient (Wildman–Crippen LogP) is -0.0798. The molecule has 0 atom stereocenters. The summed E-state index contributed by atoms with van der Waals surface area (Å²) in [5.74, 6) is 0.978. The highest BCUT2D eigenvalue weighted by molar-refractivity contribution is 5.92. The molecule has 5 heteroatoms. The number of nitrogens with one attached hydrogen (secondary N) is 1. The number of rotatable bonds is 2. The summed E-state index contributed by atoms with van der Waals surface area (Å²) < 4.78 is 1.65. The first kappa shape index (κ1) is 9.21. The van der Waals surface area contributed by atoms with Crippen molar-refractivity contribution in [3.8, 4) is 0 Å². The van der Waals surface area contributed by atoms with Crippen molar-refractivity contribution in [2.24, 2.45) is 13.0 Å². The van der Waals surface area contributed by atoms with Crippen molar-refractivity contribution >= 4 is 11.7 Å². The second-order valence-corrected chi connectivity index (χ2v) is 3.75. The number of nitrogens with zero attached hydrogens (tertiary/aromatic N) is 3. The number of amides is 1. The number of aromatic nitrogens is 2. The van der Waals surface area contributed by atoms with Crippen LogP contribution in [0.5, 0.6) is 0 Å². The number of aryl methyl sites for hydroxylation is 1. The van der Waals surface area contributed by atoms with Crippen LogP contribution in [-0.2, 0) is 11.8 Å². The first-order valence-corrected chi connectivity index (χ1v) is 4.64. The van der Waals surface area contributed by atoms with Gasteiger partial charge < -0.3 is 10.2 Å². The summed E-state index contributed by atoms with van der Waals surface area (Å²) in [7, 11) is 3.82. The molecule has 1 aromatic rings. The maximum atomic E-state index is 11.6. The zero-order chi connectivity index (χ0) is 10.1. The SMILES string of the molecule is CN1CC(C(=O)Nc2ccnn2C)C1. The van der Waals surface area contributed by atoms with Crippen LogP contribution in [-0.4, -0.2) is 40.7 Å². The topological polar surface area (TPSA) is 50.2 Å². The van der Waals surface area contributed by atoms with E-state index in [4.69, 9.17) is 0 Å². The summed E-state index contributed by atoms with van der Waals surface area (Å²) in [5.41, 5.74) is 0. The van der Waals surface area contributed by atoms with Gasteiger partial charge in [0.25, 0.3) is 0 Å². The Morgan fingerprint density at radius 2 is 2.29 bits per heavy atom. The minimum Gasteiger partial charge on any atom is -0.311 e. The summed E-state index contributed by atoms with van der Waals surface area (Å²) in [6, 6.07) is 1.79. The Bertz CT molecular complexity index is 340. The minimum atomic E-state index is 0.0895. The van der Waals surface area contributed by atoms with Gasteiger partial charge in [-0.15, -0.1) is 0 Å². The van der Waals surface area contributed by atoms with E-state index in [1.54, 1.807) is 16.9 Å². The number of likely N-dealkylation sites (tertiary alicyclic amines) is 1. The Labute approximate surface area is 82.7 Å². The van der Waals surface area contributed by atoms with Gasteiger partial charge in [-0.05, 0) is 7.05 Å². The summed E-state index contributed by atoms with van der Waals surface area (Å²) >= 11 is 0. The van der Waals surface area contributed by atoms with Gasteiger partial charge in [0.2, 0.25) is 5.91 Å². The molecule has 1 amide bonds. The molecule has 2 rings (SSSR count). The fourth-order valence-electron chi connectivity index (χ4n) is 1.59. The molecule has 5 nitrogen and oxygen atoms in total. The highest BCUT2D eigenvalue weighted by atomic mass is 16.2. The summed E-state index contributed by atoms with van der Waals surface area (Å²) in [4.78, 5) is 13.7. The van der Waals surface area contributed by atoms with Crippen molar-refractivity contribution < 1.29 is 4.79 Å². The van der Waals surface area contributed by atoms with Crippen LogP contribution in [0.1, 0.15) is 0 Å². The van der Waals surface area contributed by atoms with Crippen LogP contribution >= 0.6 is 0 Å². The molecule has 0 radical (unpaired) electrons. The number of hydrogen-bond donors (Lipinski definition) is 1. The maximum absolute atomic E-state index is 11.6. The first-order chi connectivity index (χ1) is 6.66. The van der Waals surface area contributed by atoms with E-state index < -0.39 is 0 Å². The molecule has 14 heavy (non-hydrogen) atoms. The Morgan fingerprint density at radius 3 is 2.79 bits per heavy atom. The van der Waals surface area contributed by atoms with Gasteiger partial charge in [0, 0.05) is 26.2 Å². The van der Waals surface area contributed by atoms with Gasteiger partial charge in [0.15, 0.2) is 0 Å². The van der Waals surface area contributed by atoms with Crippen molar-refractivity contribution in [1.82, 2.24) is 14.7 Å². The Hall–Kier alpha value is -1.36. The molecule has 0 saturated carbocycles. The molecule has 1 saturated heterocycles. The zero-order valence-electron chi connectivity index (χ0n) is 8.40. The molecular weight excluding hydrogens is 180 g/mol. The predicted molar refractivity (Wildman–Crippen MR) is 52.8 cm³/mol. The first-order valence-electron chi connectivity index (χ1n) is 4.64. The second kappa shape index (κ2) is 3.42. The molecule has 1 aliphatic rings. The average molecular weight is 194 g/mol.